The molecule has 1 aromatic heterocycles. The summed E-state index contributed by atoms with van der Waals surface area (Å²) in [6.45, 7) is 1.64. The SMILES string of the molecule is Cc1ccc(NC(=O)c2nc(N)ccc2Cl)cc1F. The Balaban J connectivity index is 2.25. The molecule has 1 amide bonds. The van der Waals surface area contributed by atoms with Gasteiger partial charge in [-0.3, -0.25) is 4.79 Å². The van der Waals surface area contributed by atoms with Gasteiger partial charge in [0.1, 0.15) is 17.3 Å². The number of pyridine rings is 1. The second-order valence-electron chi connectivity index (χ2n) is 3.98. The van der Waals surface area contributed by atoms with Crippen molar-refractivity contribution < 1.29 is 9.18 Å². The van der Waals surface area contributed by atoms with E-state index in [2.05, 4.69) is 10.3 Å². The van der Waals surface area contributed by atoms with Crippen molar-refractivity contribution >= 4 is 29.0 Å². The summed E-state index contributed by atoms with van der Waals surface area (Å²) in [6.07, 6.45) is 0. The van der Waals surface area contributed by atoms with Crippen LogP contribution in [-0.4, -0.2) is 10.9 Å². The van der Waals surface area contributed by atoms with Crippen LogP contribution >= 0.6 is 11.6 Å². The second kappa shape index (κ2) is 5.24. The number of rotatable bonds is 2. The zero-order valence-electron chi connectivity index (χ0n) is 10.1. The number of carbonyl (C=O) groups excluding carboxylic acids is 1. The summed E-state index contributed by atoms with van der Waals surface area (Å²) in [4.78, 5) is 15.8. The molecule has 0 fully saturated rings. The zero-order valence-corrected chi connectivity index (χ0v) is 10.8. The molecule has 0 aliphatic heterocycles. The summed E-state index contributed by atoms with van der Waals surface area (Å²) in [5.74, 6) is -0.755. The van der Waals surface area contributed by atoms with Crippen LogP contribution in [0.1, 0.15) is 16.1 Å². The van der Waals surface area contributed by atoms with E-state index in [1.165, 1.54) is 18.2 Å². The number of carbonyl (C=O) groups is 1. The van der Waals surface area contributed by atoms with Crippen molar-refractivity contribution in [1.29, 1.82) is 0 Å². The van der Waals surface area contributed by atoms with Crippen LogP contribution in [0.5, 0.6) is 0 Å². The van der Waals surface area contributed by atoms with Gasteiger partial charge in [0.25, 0.3) is 5.91 Å². The highest BCUT2D eigenvalue weighted by Crippen LogP contribution is 2.18. The maximum Gasteiger partial charge on any atom is 0.275 e. The molecule has 4 nitrogen and oxygen atoms in total. The number of benzene rings is 1. The molecular formula is C13H11ClFN3O. The standard InChI is InChI=1S/C13H11ClFN3O/c1-7-2-3-8(6-10(7)15)17-13(19)12-9(14)4-5-11(16)18-12/h2-6H,1H3,(H2,16,18)(H,17,19). The molecular weight excluding hydrogens is 269 g/mol. The molecule has 0 spiro atoms. The average molecular weight is 280 g/mol. The maximum absolute atomic E-state index is 13.4. The minimum atomic E-state index is -0.541. The third-order valence-corrected chi connectivity index (χ3v) is 2.82. The van der Waals surface area contributed by atoms with Crippen LogP contribution in [0.3, 0.4) is 0 Å². The summed E-state index contributed by atoms with van der Waals surface area (Å²) >= 11 is 5.86. The number of nitrogens with zero attached hydrogens (tertiary/aromatic N) is 1. The minimum Gasteiger partial charge on any atom is -0.384 e. The summed E-state index contributed by atoms with van der Waals surface area (Å²) < 4.78 is 13.4. The number of nitrogens with two attached hydrogens (primary N) is 1. The number of halogens is 2. The van der Waals surface area contributed by atoms with E-state index in [1.807, 2.05) is 0 Å². The molecule has 0 atom stereocenters. The van der Waals surface area contributed by atoms with Gasteiger partial charge in [0.05, 0.1) is 5.02 Å². The number of aryl methyl sites for hydroxylation is 1. The van der Waals surface area contributed by atoms with Crippen LogP contribution in [0.25, 0.3) is 0 Å². The summed E-state index contributed by atoms with van der Waals surface area (Å²) in [7, 11) is 0. The molecule has 3 N–H and O–H groups in total. The van der Waals surface area contributed by atoms with E-state index in [9.17, 15) is 9.18 Å². The van der Waals surface area contributed by atoms with Crippen LogP contribution in [0.4, 0.5) is 15.9 Å². The molecule has 1 aromatic carbocycles. The lowest BCUT2D eigenvalue weighted by Crippen LogP contribution is -2.15. The predicted octanol–water partition coefficient (Wildman–Crippen LogP) is 3.02. The van der Waals surface area contributed by atoms with Crippen LogP contribution in [0, 0.1) is 12.7 Å². The molecule has 98 valence electrons. The van der Waals surface area contributed by atoms with Crippen molar-refractivity contribution in [3.8, 4) is 0 Å². The first-order valence-electron chi connectivity index (χ1n) is 5.47. The van der Waals surface area contributed by atoms with E-state index in [1.54, 1.807) is 19.1 Å². The fourth-order valence-electron chi connectivity index (χ4n) is 1.48. The highest BCUT2D eigenvalue weighted by Gasteiger charge is 2.13. The molecule has 6 heteroatoms. The number of hydrogen-bond donors (Lipinski definition) is 2. The van der Waals surface area contributed by atoms with Crippen molar-refractivity contribution in [2.24, 2.45) is 0 Å². The van der Waals surface area contributed by atoms with Crippen LogP contribution in [-0.2, 0) is 0 Å². The van der Waals surface area contributed by atoms with Gasteiger partial charge in [-0.2, -0.15) is 0 Å². The molecule has 2 rings (SSSR count). The van der Waals surface area contributed by atoms with E-state index >= 15 is 0 Å². The molecule has 1 heterocycles. The Bertz CT molecular complexity index is 646. The van der Waals surface area contributed by atoms with Gasteiger partial charge in [-0.05, 0) is 36.8 Å². The smallest absolute Gasteiger partial charge is 0.275 e. The van der Waals surface area contributed by atoms with E-state index in [0.29, 0.717) is 11.3 Å². The van der Waals surface area contributed by atoms with Gasteiger partial charge in [-0.1, -0.05) is 17.7 Å². The van der Waals surface area contributed by atoms with Gasteiger partial charge >= 0.3 is 0 Å². The number of aromatic nitrogens is 1. The Hall–Kier alpha value is -2.14. The largest absolute Gasteiger partial charge is 0.384 e. The monoisotopic (exact) mass is 279 g/mol. The Morgan fingerprint density at radius 3 is 2.79 bits per heavy atom. The van der Waals surface area contributed by atoms with Crippen molar-refractivity contribution in [3.63, 3.8) is 0 Å². The van der Waals surface area contributed by atoms with Gasteiger partial charge in [0.2, 0.25) is 0 Å². The second-order valence-corrected chi connectivity index (χ2v) is 4.39. The van der Waals surface area contributed by atoms with Gasteiger partial charge in [-0.25, -0.2) is 9.37 Å². The predicted molar refractivity (Wildman–Crippen MR) is 72.7 cm³/mol. The van der Waals surface area contributed by atoms with Crippen molar-refractivity contribution in [2.45, 2.75) is 6.92 Å². The summed E-state index contributed by atoms with van der Waals surface area (Å²) in [6, 6.07) is 7.36. The van der Waals surface area contributed by atoms with E-state index < -0.39 is 11.7 Å². The van der Waals surface area contributed by atoms with Gasteiger partial charge in [0, 0.05) is 5.69 Å². The summed E-state index contributed by atoms with van der Waals surface area (Å²) in [5, 5.41) is 2.69. The maximum atomic E-state index is 13.4. The number of nitrogen functional groups attached to an aromatic ring is 1. The fourth-order valence-corrected chi connectivity index (χ4v) is 1.67. The molecule has 0 aliphatic carbocycles. The highest BCUT2D eigenvalue weighted by atomic mass is 35.5. The Morgan fingerprint density at radius 1 is 1.37 bits per heavy atom. The first-order valence-corrected chi connectivity index (χ1v) is 5.84. The molecule has 19 heavy (non-hydrogen) atoms. The zero-order chi connectivity index (χ0) is 14.0. The first-order chi connectivity index (χ1) is 8.97. The number of hydrogen-bond acceptors (Lipinski definition) is 3. The van der Waals surface area contributed by atoms with Crippen LogP contribution < -0.4 is 11.1 Å². The molecule has 0 saturated heterocycles. The average Bonchev–Trinajstić information content (AvgIpc) is 2.36. The lowest BCUT2D eigenvalue weighted by Gasteiger charge is -2.07. The molecule has 0 aliphatic rings. The lowest BCUT2D eigenvalue weighted by atomic mass is 10.2. The van der Waals surface area contributed by atoms with Crippen LogP contribution in [0.15, 0.2) is 30.3 Å². The van der Waals surface area contributed by atoms with Crippen molar-refractivity contribution in [2.75, 3.05) is 11.1 Å². The summed E-state index contributed by atoms with van der Waals surface area (Å²) in [5.41, 5.74) is 6.32. The van der Waals surface area contributed by atoms with Crippen molar-refractivity contribution in [1.82, 2.24) is 4.98 Å². The topological polar surface area (TPSA) is 68.0 Å². The molecule has 0 saturated carbocycles. The van der Waals surface area contributed by atoms with Crippen molar-refractivity contribution in [3.05, 3.63) is 52.4 Å². The normalized spacial score (nSPS) is 10.3. The number of amides is 1. The Morgan fingerprint density at radius 2 is 2.11 bits per heavy atom. The van der Waals surface area contributed by atoms with E-state index in [-0.39, 0.29) is 16.5 Å². The molecule has 2 aromatic rings. The van der Waals surface area contributed by atoms with Gasteiger partial charge in [-0.15, -0.1) is 0 Å². The third-order valence-electron chi connectivity index (χ3n) is 2.51. The third kappa shape index (κ3) is 3.00. The first kappa shape index (κ1) is 13.3. The van der Waals surface area contributed by atoms with E-state index in [0.717, 1.165) is 0 Å². The number of nitrogens with one attached hydrogen (secondary N) is 1. The van der Waals surface area contributed by atoms with E-state index in [4.69, 9.17) is 17.3 Å². The van der Waals surface area contributed by atoms with Gasteiger partial charge < -0.3 is 11.1 Å². The molecule has 0 radical (unpaired) electrons. The number of anilines is 2. The lowest BCUT2D eigenvalue weighted by molar-refractivity contribution is 0.102. The van der Waals surface area contributed by atoms with Gasteiger partial charge in [0.15, 0.2) is 0 Å². The quantitative estimate of drug-likeness (QED) is 0.888. The Kier molecular flexibility index (Phi) is 3.66. The molecule has 0 bridgehead atoms. The Labute approximate surface area is 114 Å². The fraction of sp³-hybridized carbons (Fsp3) is 0.0769. The van der Waals surface area contributed by atoms with Crippen LogP contribution in [0.2, 0.25) is 5.02 Å². The molecule has 0 unspecified atom stereocenters. The minimum absolute atomic E-state index is 0.00245. The highest BCUT2D eigenvalue weighted by molar-refractivity contribution is 6.34.